The fourth-order valence-corrected chi connectivity index (χ4v) is 3.00. The summed E-state index contributed by atoms with van der Waals surface area (Å²) < 4.78 is 9.30. The van der Waals surface area contributed by atoms with Crippen molar-refractivity contribution in [2.75, 3.05) is 13.8 Å². The molecule has 0 bridgehead atoms. The molecule has 0 aliphatic rings. The van der Waals surface area contributed by atoms with Crippen LogP contribution in [-0.4, -0.2) is 53.7 Å². The first-order valence-electron chi connectivity index (χ1n) is 8.98. The van der Waals surface area contributed by atoms with Gasteiger partial charge in [0.25, 0.3) is 0 Å². The van der Waals surface area contributed by atoms with Crippen molar-refractivity contribution >= 4 is 23.8 Å². The highest BCUT2D eigenvalue weighted by Gasteiger charge is 2.35. The molecule has 0 saturated carbocycles. The van der Waals surface area contributed by atoms with E-state index in [1.54, 1.807) is 0 Å². The van der Waals surface area contributed by atoms with Crippen molar-refractivity contribution in [3.63, 3.8) is 0 Å². The van der Waals surface area contributed by atoms with Crippen LogP contribution < -0.4 is 0 Å². The van der Waals surface area contributed by atoms with Gasteiger partial charge in [-0.1, -0.05) is 41.0 Å². The number of carboxylic acids is 1. The maximum atomic E-state index is 12.7. The summed E-state index contributed by atoms with van der Waals surface area (Å²) in [5, 5.41) is 9.06. The zero-order chi connectivity index (χ0) is 21.4. The van der Waals surface area contributed by atoms with Gasteiger partial charge in [0.15, 0.2) is 0 Å². The first kappa shape index (κ1) is 24.9. The molecule has 1 N–H and O–H groups in total. The van der Waals surface area contributed by atoms with Crippen LogP contribution in [0.15, 0.2) is 0 Å². The number of carboxylic acid groups (broad SMARTS) is 1. The minimum Gasteiger partial charge on any atom is -0.481 e. The maximum absolute atomic E-state index is 12.7. The van der Waals surface area contributed by atoms with Gasteiger partial charge < -0.3 is 19.5 Å². The number of carbonyl (C=O) groups excluding carboxylic acids is 3. The van der Waals surface area contributed by atoms with Crippen LogP contribution in [0.4, 0.5) is 0 Å². The van der Waals surface area contributed by atoms with Crippen LogP contribution in [-0.2, 0) is 28.7 Å². The van der Waals surface area contributed by atoms with Crippen LogP contribution in [0, 0.1) is 10.8 Å². The van der Waals surface area contributed by atoms with Gasteiger partial charge in [-0.3, -0.25) is 14.4 Å². The van der Waals surface area contributed by atoms with Gasteiger partial charge in [0.2, 0.25) is 12.7 Å². The molecule has 1 amide bonds. The van der Waals surface area contributed by atoms with Crippen LogP contribution in [0.3, 0.4) is 0 Å². The van der Waals surface area contributed by atoms with Gasteiger partial charge >= 0.3 is 17.9 Å². The molecule has 0 radical (unpaired) electrons. The number of esters is 2. The number of likely N-dealkylation sites (N-methyl/N-ethyl adjacent to an activating group) is 1. The Morgan fingerprint density at radius 3 is 2.04 bits per heavy atom. The van der Waals surface area contributed by atoms with E-state index in [9.17, 15) is 19.2 Å². The van der Waals surface area contributed by atoms with E-state index in [2.05, 4.69) is 25.5 Å². The second kappa shape index (κ2) is 10.3. The molecule has 0 fully saturated rings. The predicted octanol–water partition coefficient (Wildman–Crippen LogP) is 2.59. The van der Waals surface area contributed by atoms with Crippen molar-refractivity contribution in [3.8, 4) is 0 Å². The molecule has 0 aliphatic heterocycles. The summed E-state index contributed by atoms with van der Waals surface area (Å²) in [6.45, 7) is 10.8. The normalized spacial score (nSPS) is 12.9. The molecule has 0 spiro atoms. The molecule has 1 unspecified atom stereocenters. The topological polar surface area (TPSA) is 110 Å². The van der Waals surface area contributed by atoms with Gasteiger partial charge in [-0.05, 0) is 17.3 Å². The molecule has 1 atom stereocenters. The molecule has 0 aromatic rings. The van der Waals surface area contributed by atoms with Crippen LogP contribution in [0.2, 0.25) is 0 Å². The molecule has 0 heterocycles. The fraction of sp³-hybridized carbons (Fsp3) is 0.789. The largest absolute Gasteiger partial charge is 0.481 e. The van der Waals surface area contributed by atoms with E-state index in [4.69, 9.17) is 9.84 Å². The Hall–Kier alpha value is -2.12. The maximum Gasteiger partial charge on any atom is 0.332 e. The van der Waals surface area contributed by atoms with Crippen molar-refractivity contribution in [3.05, 3.63) is 0 Å². The van der Waals surface area contributed by atoms with E-state index in [1.165, 1.54) is 7.05 Å². The van der Waals surface area contributed by atoms with E-state index in [0.717, 1.165) is 24.7 Å². The number of aliphatic carboxylic acids is 1. The fourth-order valence-electron chi connectivity index (χ4n) is 3.00. The van der Waals surface area contributed by atoms with Crippen LogP contribution in [0.5, 0.6) is 0 Å². The summed E-state index contributed by atoms with van der Waals surface area (Å²) in [6, 6.07) is -1.29. The SMILES string of the molecule is CCC(C)(C)CC(C)(C)CC(=O)N(C)C(CC(=O)O)C(=O)OCOC(C)=O. The lowest BCUT2D eigenvalue weighted by Crippen LogP contribution is -2.46. The second-order valence-electron chi connectivity index (χ2n) is 8.37. The third-order valence-corrected chi connectivity index (χ3v) is 4.51. The number of hydrogen-bond donors (Lipinski definition) is 1. The van der Waals surface area contributed by atoms with Crippen molar-refractivity contribution in [1.82, 2.24) is 4.90 Å². The summed E-state index contributed by atoms with van der Waals surface area (Å²) in [7, 11) is 1.38. The minimum absolute atomic E-state index is 0.0613. The van der Waals surface area contributed by atoms with E-state index in [-0.39, 0.29) is 23.2 Å². The Morgan fingerprint density at radius 2 is 1.59 bits per heavy atom. The number of carbonyl (C=O) groups is 4. The van der Waals surface area contributed by atoms with Gasteiger partial charge in [0, 0.05) is 20.4 Å². The molecule has 8 nitrogen and oxygen atoms in total. The van der Waals surface area contributed by atoms with Crippen LogP contribution >= 0.6 is 0 Å². The highest BCUT2D eigenvalue weighted by Crippen LogP contribution is 2.38. The number of nitrogens with zero attached hydrogens (tertiary/aromatic N) is 1. The number of rotatable bonds is 11. The molecule has 0 saturated heterocycles. The summed E-state index contributed by atoms with van der Waals surface area (Å²) in [4.78, 5) is 47.8. The molecular formula is C19H33NO7. The summed E-state index contributed by atoms with van der Waals surface area (Å²) in [5.41, 5.74) is -0.258. The number of hydrogen-bond acceptors (Lipinski definition) is 6. The van der Waals surface area contributed by atoms with Gasteiger partial charge in [-0.15, -0.1) is 0 Å². The summed E-state index contributed by atoms with van der Waals surface area (Å²) in [5.74, 6) is -3.15. The van der Waals surface area contributed by atoms with Gasteiger partial charge in [-0.2, -0.15) is 0 Å². The van der Waals surface area contributed by atoms with Crippen LogP contribution in [0.25, 0.3) is 0 Å². The smallest absolute Gasteiger partial charge is 0.332 e. The van der Waals surface area contributed by atoms with Gasteiger partial charge in [-0.25, -0.2) is 4.79 Å². The molecule has 27 heavy (non-hydrogen) atoms. The Morgan fingerprint density at radius 1 is 1.04 bits per heavy atom. The first-order valence-corrected chi connectivity index (χ1v) is 8.98. The molecule has 0 aliphatic carbocycles. The minimum atomic E-state index is -1.29. The summed E-state index contributed by atoms with van der Waals surface area (Å²) in [6.07, 6.45) is 1.34. The predicted molar refractivity (Wildman–Crippen MR) is 98.6 cm³/mol. The van der Waals surface area contributed by atoms with E-state index in [0.29, 0.717) is 0 Å². The number of ether oxygens (including phenoxy) is 2. The zero-order valence-corrected chi connectivity index (χ0v) is 17.5. The lowest BCUT2D eigenvalue weighted by molar-refractivity contribution is -0.173. The average Bonchev–Trinajstić information content (AvgIpc) is 2.49. The number of amides is 1. The van der Waals surface area contributed by atoms with Crippen LogP contribution in [0.1, 0.15) is 67.2 Å². The Balaban J connectivity index is 5.11. The highest BCUT2D eigenvalue weighted by molar-refractivity contribution is 5.87. The Kier molecular flexibility index (Phi) is 9.47. The van der Waals surface area contributed by atoms with Gasteiger partial charge in [0.05, 0.1) is 6.42 Å². The lowest BCUT2D eigenvalue weighted by Gasteiger charge is -2.35. The quantitative estimate of drug-likeness (QED) is 0.428. The molecule has 0 rings (SSSR count). The van der Waals surface area contributed by atoms with Crippen molar-refractivity contribution < 1.29 is 33.8 Å². The summed E-state index contributed by atoms with van der Waals surface area (Å²) >= 11 is 0. The third kappa shape index (κ3) is 9.96. The zero-order valence-electron chi connectivity index (χ0n) is 17.5. The van der Waals surface area contributed by atoms with Gasteiger partial charge in [0.1, 0.15) is 6.04 Å². The molecule has 156 valence electrons. The third-order valence-electron chi connectivity index (χ3n) is 4.51. The Labute approximate surface area is 161 Å². The van der Waals surface area contributed by atoms with Crippen molar-refractivity contribution in [2.45, 2.75) is 73.3 Å². The monoisotopic (exact) mass is 387 g/mol. The van der Waals surface area contributed by atoms with Crippen molar-refractivity contribution in [1.29, 1.82) is 0 Å². The van der Waals surface area contributed by atoms with E-state index < -0.39 is 37.2 Å². The molecule has 0 aromatic carbocycles. The Bertz CT molecular complexity index is 554. The molecule has 8 heteroatoms. The van der Waals surface area contributed by atoms with E-state index in [1.807, 2.05) is 13.8 Å². The highest BCUT2D eigenvalue weighted by atomic mass is 16.7. The first-order chi connectivity index (χ1) is 12.2. The molecule has 0 aromatic heterocycles. The lowest BCUT2D eigenvalue weighted by atomic mass is 9.72. The van der Waals surface area contributed by atoms with E-state index >= 15 is 0 Å². The standard InChI is InChI=1S/C19H33NO7/c1-8-18(3,4)11-19(5,6)10-15(22)20(7)14(9-16(23)24)17(25)27-12-26-13(2)21/h14H,8-12H2,1-7H3,(H,23,24). The second-order valence-corrected chi connectivity index (χ2v) is 8.37. The molecular weight excluding hydrogens is 354 g/mol. The average molecular weight is 387 g/mol. The van der Waals surface area contributed by atoms with Crippen molar-refractivity contribution in [2.24, 2.45) is 10.8 Å².